The zero-order valence-electron chi connectivity index (χ0n) is 13.3. The minimum Gasteiger partial charge on any atom is -0.335 e. The molecule has 0 heterocycles. The fourth-order valence-corrected chi connectivity index (χ4v) is 2.95. The summed E-state index contributed by atoms with van der Waals surface area (Å²) >= 11 is 0. The van der Waals surface area contributed by atoms with Crippen molar-refractivity contribution in [2.24, 2.45) is 0 Å². The average Bonchev–Trinajstić information content (AvgIpc) is 2.46. The summed E-state index contributed by atoms with van der Waals surface area (Å²) in [6.45, 7) is 11.9. The summed E-state index contributed by atoms with van der Waals surface area (Å²) in [4.78, 5) is 11.6. The molecule has 0 aliphatic heterocycles. The van der Waals surface area contributed by atoms with Crippen LogP contribution in [0.3, 0.4) is 0 Å². The fraction of sp³-hybridized carbons (Fsp3) is 0.786. The maximum atomic E-state index is 12.2. The summed E-state index contributed by atoms with van der Waals surface area (Å²) in [5.41, 5.74) is -0.554. The van der Waals surface area contributed by atoms with Crippen LogP contribution in [0.4, 0.5) is 0 Å². The summed E-state index contributed by atoms with van der Waals surface area (Å²) in [5, 5.41) is 0. The Morgan fingerprint density at radius 2 is 1.57 bits per heavy atom. The van der Waals surface area contributed by atoms with Gasteiger partial charge in [-0.3, -0.25) is 0 Å². The molecule has 0 aliphatic carbocycles. The summed E-state index contributed by atoms with van der Waals surface area (Å²) in [6, 6.07) is 0. The lowest BCUT2D eigenvalue weighted by molar-refractivity contribution is -0.383. The second kappa shape index (κ2) is 11.0. The van der Waals surface area contributed by atoms with Gasteiger partial charge in [0.05, 0.1) is 0 Å². The third-order valence-corrected chi connectivity index (χ3v) is 4.00. The molecule has 7 heteroatoms. The molecule has 0 saturated heterocycles. The smallest absolute Gasteiger partial charge is 0.335 e. The number of ether oxygens (including phenoxy) is 4. The van der Waals surface area contributed by atoms with Gasteiger partial charge in [-0.15, -0.1) is 0 Å². The van der Waals surface area contributed by atoms with Crippen LogP contribution in [-0.4, -0.2) is 43.8 Å². The largest absolute Gasteiger partial charge is 0.451 e. The van der Waals surface area contributed by atoms with Crippen LogP contribution in [0.15, 0.2) is 12.7 Å². The average molecular weight is 321 g/mol. The van der Waals surface area contributed by atoms with E-state index < -0.39 is 25.1 Å². The normalized spacial score (nSPS) is 13.8. The van der Waals surface area contributed by atoms with E-state index in [-0.39, 0.29) is 6.42 Å². The number of hydrogen-bond acceptors (Lipinski definition) is 6. The van der Waals surface area contributed by atoms with Gasteiger partial charge in [0, 0.05) is 32.5 Å². The Hall–Kier alpha value is -0.650. The van der Waals surface area contributed by atoms with Gasteiger partial charge in [0.1, 0.15) is 6.42 Å². The van der Waals surface area contributed by atoms with Crippen LogP contribution in [0.25, 0.3) is 0 Å². The van der Waals surface area contributed by atoms with Crippen LogP contribution >= 0.6 is 7.80 Å². The fourth-order valence-electron chi connectivity index (χ4n) is 1.81. The standard InChI is InChI=1S/C14H26O6P/c1-6-12(15)21(16)13(17-7-2)11-14(18-8-3,19-9-4)20-10-5/h6,13H,1,7-11H2,2-5H3/q+1. The van der Waals surface area contributed by atoms with Crippen molar-refractivity contribution in [3.05, 3.63) is 12.7 Å². The highest BCUT2D eigenvalue weighted by molar-refractivity contribution is 7.64. The highest BCUT2D eigenvalue weighted by atomic mass is 31.1. The quantitative estimate of drug-likeness (QED) is 0.295. The maximum Gasteiger partial charge on any atom is 0.451 e. The van der Waals surface area contributed by atoms with Crippen LogP contribution in [0.1, 0.15) is 34.1 Å². The zero-order valence-corrected chi connectivity index (χ0v) is 14.2. The van der Waals surface area contributed by atoms with Gasteiger partial charge in [-0.2, -0.15) is 0 Å². The molecule has 0 aliphatic rings. The molecular weight excluding hydrogens is 295 g/mol. The minimum absolute atomic E-state index is 0.0468. The molecule has 0 saturated carbocycles. The van der Waals surface area contributed by atoms with Crippen LogP contribution < -0.4 is 0 Å². The van der Waals surface area contributed by atoms with E-state index in [0.717, 1.165) is 6.08 Å². The summed E-state index contributed by atoms with van der Waals surface area (Å²) in [6.07, 6.45) is 1.08. The van der Waals surface area contributed by atoms with Crippen LogP contribution in [0, 0.1) is 0 Å². The Kier molecular flexibility index (Phi) is 10.6. The molecule has 21 heavy (non-hydrogen) atoms. The maximum absolute atomic E-state index is 12.2. The van der Waals surface area contributed by atoms with E-state index in [4.69, 9.17) is 18.9 Å². The van der Waals surface area contributed by atoms with E-state index in [1.807, 2.05) is 0 Å². The zero-order chi connectivity index (χ0) is 16.3. The predicted molar refractivity (Wildman–Crippen MR) is 80.5 cm³/mol. The third kappa shape index (κ3) is 6.76. The molecule has 2 unspecified atom stereocenters. The van der Waals surface area contributed by atoms with Crippen molar-refractivity contribution in [1.29, 1.82) is 0 Å². The van der Waals surface area contributed by atoms with E-state index in [1.165, 1.54) is 0 Å². The molecule has 0 bridgehead atoms. The van der Waals surface area contributed by atoms with Gasteiger partial charge in [0.15, 0.2) is 0 Å². The van der Waals surface area contributed by atoms with Crippen molar-refractivity contribution in [3.63, 3.8) is 0 Å². The minimum atomic E-state index is -2.28. The van der Waals surface area contributed by atoms with Gasteiger partial charge in [0.25, 0.3) is 11.8 Å². The molecule has 0 fully saturated rings. The number of rotatable bonds is 13. The first-order valence-electron chi connectivity index (χ1n) is 7.16. The van der Waals surface area contributed by atoms with E-state index in [1.54, 1.807) is 27.7 Å². The second-order valence-electron chi connectivity index (χ2n) is 3.96. The summed E-state index contributed by atoms with van der Waals surface area (Å²) in [5.74, 6) is -2.20. The third-order valence-electron chi connectivity index (χ3n) is 2.53. The number of allylic oxidation sites excluding steroid dienone is 1. The highest BCUT2D eigenvalue weighted by Crippen LogP contribution is 2.38. The van der Waals surface area contributed by atoms with Crippen molar-refractivity contribution in [2.45, 2.75) is 45.9 Å². The lowest BCUT2D eigenvalue weighted by atomic mass is 10.3. The topological polar surface area (TPSA) is 71.1 Å². The Morgan fingerprint density at radius 3 is 1.90 bits per heavy atom. The van der Waals surface area contributed by atoms with E-state index in [2.05, 4.69) is 6.58 Å². The molecule has 0 N–H and O–H groups in total. The van der Waals surface area contributed by atoms with Crippen LogP contribution in [0.2, 0.25) is 0 Å². The Bertz CT molecular complexity index is 327. The summed E-state index contributed by atoms with van der Waals surface area (Å²) < 4.78 is 34.3. The SMILES string of the molecule is C=CC(=O)[P+](=O)C(CC(OCC)(OCC)OCC)OCC. The number of hydrogen-bond donors (Lipinski definition) is 0. The Balaban J connectivity index is 5.22. The molecular formula is C14H26O6P+. The molecule has 0 aromatic rings. The van der Waals surface area contributed by atoms with Crippen molar-refractivity contribution in [2.75, 3.05) is 26.4 Å². The van der Waals surface area contributed by atoms with Crippen molar-refractivity contribution in [3.8, 4) is 0 Å². The van der Waals surface area contributed by atoms with E-state index >= 15 is 0 Å². The molecule has 6 nitrogen and oxygen atoms in total. The molecule has 122 valence electrons. The van der Waals surface area contributed by atoms with Crippen LogP contribution in [0.5, 0.6) is 0 Å². The first kappa shape index (κ1) is 20.3. The van der Waals surface area contributed by atoms with Gasteiger partial charge in [-0.25, -0.2) is 4.79 Å². The van der Waals surface area contributed by atoms with Gasteiger partial charge in [-0.1, -0.05) is 11.1 Å². The van der Waals surface area contributed by atoms with Crippen molar-refractivity contribution in [1.82, 2.24) is 0 Å². The second-order valence-corrected chi connectivity index (χ2v) is 5.63. The number of carbonyl (C=O) groups is 1. The van der Waals surface area contributed by atoms with Gasteiger partial charge in [0.2, 0.25) is 0 Å². The van der Waals surface area contributed by atoms with Crippen LogP contribution in [-0.2, 0) is 28.3 Å². The van der Waals surface area contributed by atoms with Gasteiger partial charge < -0.3 is 18.9 Å². The van der Waals surface area contributed by atoms with Gasteiger partial charge >= 0.3 is 13.3 Å². The lowest BCUT2D eigenvalue weighted by Crippen LogP contribution is -2.42. The Morgan fingerprint density at radius 1 is 1.10 bits per heavy atom. The molecule has 0 rings (SSSR count). The van der Waals surface area contributed by atoms with E-state index in [9.17, 15) is 9.36 Å². The monoisotopic (exact) mass is 321 g/mol. The summed E-state index contributed by atoms with van der Waals surface area (Å²) in [7, 11) is -2.28. The molecule has 0 amide bonds. The van der Waals surface area contributed by atoms with E-state index in [0.29, 0.717) is 26.4 Å². The lowest BCUT2D eigenvalue weighted by Gasteiger charge is -2.32. The molecule has 0 aromatic carbocycles. The first-order chi connectivity index (χ1) is 10.00. The molecule has 0 radical (unpaired) electrons. The molecule has 0 aromatic heterocycles. The Labute approximate surface area is 127 Å². The highest BCUT2D eigenvalue weighted by Gasteiger charge is 2.47. The predicted octanol–water partition coefficient (Wildman–Crippen LogP) is 3.04. The van der Waals surface area contributed by atoms with Crippen molar-refractivity contribution < 1.29 is 28.3 Å². The van der Waals surface area contributed by atoms with Crippen molar-refractivity contribution >= 4 is 13.3 Å². The first-order valence-corrected chi connectivity index (χ1v) is 8.49. The molecule has 2 atom stereocenters. The molecule has 0 spiro atoms. The number of carbonyl (C=O) groups excluding carboxylic acids is 1. The van der Waals surface area contributed by atoms with Gasteiger partial charge in [-0.05, 0) is 27.7 Å².